The standard InChI is InChI=1S/C17H21NO4/c1-18-13-7-11(8-14(18)16-15(13)22-16)21-17(20)12(9-19)10-5-3-2-4-6-10/h2-6,11-16,19H,7-9H2,1H3/i1T3. The smallest absolute Gasteiger partial charge is 0.316 e. The van der Waals surface area contributed by atoms with Crippen LogP contribution in [0.25, 0.3) is 0 Å². The average Bonchev–Trinajstić information content (AvgIpc) is 3.31. The van der Waals surface area contributed by atoms with Gasteiger partial charge in [0.2, 0.25) is 0 Å². The summed E-state index contributed by atoms with van der Waals surface area (Å²) in [7, 11) is 0. The summed E-state index contributed by atoms with van der Waals surface area (Å²) in [6.07, 6.45) is 0.452. The van der Waals surface area contributed by atoms with Crippen molar-refractivity contribution in [3.8, 4) is 0 Å². The lowest BCUT2D eigenvalue weighted by molar-refractivity contribution is -0.156. The average molecular weight is 309 g/mol. The Morgan fingerprint density at radius 2 is 2.09 bits per heavy atom. The number of aliphatic hydroxyl groups is 1. The van der Waals surface area contributed by atoms with E-state index in [4.69, 9.17) is 13.6 Å². The maximum atomic E-state index is 12.5. The molecule has 1 aromatic carbocycles. The highest BCUT2D eigenvalue weighted by Crippen LogP contribution is 2.48. The number of rotatable bonds is 4. The van der Waals surface area contributed by atoms with Crippen molar-refractivity contribution in [2.75, 3.05) is 13.6 Å². The summed E-state index contributed by atoms with van der Waals surface area (Å²) in [6.45, 7) is -2.48. The number of epoxide rings is 1. The molecule has 5 atom stereocenters. The molecule has 1 aromatic rings. The van der Waals surface area contributed by atoms with Gasteiger partial charge in [-0.2, -0.15) is 0 Å². The number of morpholine rings is 1. The third kappa shape index (κ3) is 2.24. The molecule has 5 nitrogen and oxygen atoms in total. The minimum atomic E-state index is -2.15. The van der Waals surface area contributed by atoms with Crippen LogP contribution in [0.4, 0.5) is 0 Å². The van der Waals surface area contributed by atoms with Gasteiger partial charge in [-0.1, -0.05) is 30.3 Å². The van der Waals surface area contributed by atoms with Gasteiger partial charge in [-0.05, 0) is 12.5 Å². The molecule has 2 bridgehead atoms. The highest BCUT2D eigenvalue weighted by Gasteiger charge is 2.62. The third-order valence-electron chi connectivity index (χ3n) is 5.00. The molecule has 5 unspecified atom stereocenters. The van der Waals surface area contributed by atoms with Crippen LogP contribution in [0, 0.1) is 0 Å². The van der Waals surface area contributed by atoms with Crippen LogP contribution >= 0.6 is 0 Å². The molecule has 5 heteroatoms. The number of benzene rings is 1. The molecule has 1 N–H and O–H groups in total. The molecule has 0 saturated carbocycles. The normalized spacial score (nSPS) is 40.0. The van der Waals surface area contributed by atoms with Gasteiger partial charge < -0.3 is 14.6 Å². The molecule has 0 spiro atoms. The lowest BCUT2D eigenvalue weighted by Crippen LogP contribution is -2.48. The Labute approximate surface area is 134 Å². The summed E-state index contributed by atoms with van der Waals surface area (Å²) < 4.78 is 34.4. The van der Waals surface area contributed by atoms with Crippen molar-refractivity contribution in [1.82, 2.24) is 4.90 Å². The van der Waals surface area contributed by atoms with Crippen LogP contribution in [0.2, 0.25) is 0 Å². The number of hydrogen-bond acceptors (Lipinski definition) is 5. The fourth-order valence-corrected chi connectivity index (χ4v) is 3.79. The minimum absolute atomic E-state index is 0.0584. The molecule has 0 aromatic heterocycles. The number of ether oxygens (including phenoxy) is 2. The Kier molecular flexibility index (Phi) is 2.71. The Morgan fingerprint density at radius 1 is 1.41 bits per heavy atom. The first-order chi connectivity index (χ1) is 11.9. The highest BCUT2D eigenvalue weighted by atomic mass is 16.6. The first-order valence-corrected chi connectivity index (χ1v) is 7.70. The van der Waals surface area contributed by atoms with Crippen molar-refractivity contribution >= 4 is 5.97 Å². The number of hydrogen-bond donors (Lipinski definition) is 1. The second-order valence-corrected chi connectivity index (χ2v) is 6.28. The second-order valence-electron chi connectivity index (χ2n) is 6.28. The fraction of sp³-hybridized carbons (Fsp3) is 0.588. The van der Waals surface area contributed by atoms with E-state index >= 15 is 0 Å². The summed E-state index contributed by atoms with van der Waals surface area (Å²) in [5, 5.41) is 9.59. The number of likely N-dealkylation sites (N-methyl/N-ethyl adjacent to an activating group) is 1. The number of fused-ring (bicyclic) bond motifs is 5. The molecule has 3 saturated heterocycles. The van der Waals surface area contributed by atoms with E-state index in [0.29, 0.717) is 18.4 Å². The van der Waals surface area contributed by atoms with Gasteiger partial charge in [-0.25, -0.2) is 0 Å². The molecule has 0 radical (unpaired) electrons. The maximum Gasteiger partial charge on any atom is 0.316 e. The van der Waals surface area contributed by atoms with E-state index in [1.807, 2.05) is 18.2 Å². The van der Waals surface area contributed by atoms with Gasteiger partial charge in [0, 0.05) is 29.0 Å². The quantitative estimate of drug-likeness (QED) is 0.662. The van der Waals surface area contributed by atoms with Crippen molar-refractivity contribution in [3.05, 3.63) is 35.9 Å². The monoisotopic (exact) mass is 309 g/mol. The molecule has 3 heterocycles. The number of aliphatic hydroxyl groups excluding tert-OH is 1. The summed E-state index contributed by atoms with van der Waals surface area (Å²) in [6, 6.07) is 8.56. The Balaban J connectivity index is 1.44. The van der Waals surface area contributed by atoms with E-state index in [9.17, 15) is 9.90 Å². The maximum absolute atomic E-state index is 12.5. The first-order valence-electron chi connectivity index (χ1n) is 9.20. The van der Waals surface area contributed by atoms with E-state index in [0.717, 1.165) is 0 Å². The van der Waals surface area contributed by atoms with Crippen molar-refractivity contribution in [3.63, 3.8) is 0 Å². The second kappa shape index (κ2) is 5.33. The Morgan fingerprint density at radius 3 is 2.68 bits per heavy atom. The topological polar surface area (TPSA) is 62.3 Å². The number of esters is 1. The van der Waals surface area contributed by atoms with Crippen molar-refractivity contribution in [2.45, 2.75) is 49.2 Å². The molecule has 3 aliphatic rings. The molecule has 22 heavy (non-hydrogen) atoms. The summed E-state index contributed by atoms with van der Waals surface area (Å²) in [5.41, 5.74) is 0.712. The lowest BCUT2D eigenvalue weighted by atomic mass is 9.97. The van der Waals surface area contributed by atoms with E-state index in [1.165, 1.54) is 0 Å². The van der Waals surface area contributed by atoms with Crippen LogP contribution < -0.4 is 0 Å². The summed E-state index contributed by atoms with van der Waals surface area (Å²) in [5.74, 6) is -1.18. The number of carbonyl (C=O) groups is 1. The highest BCUT2D eigenvalue weighted by molar-refractivity contribution is 5.78. The third-order valence-corrected chi connectivity index (χ3v) is 5.00. The first kappa shape index (κ1) is 11.2. The SMILES string of the molecule is [3H]C([3H])([3H])N1C2CC(OC(=O)C(CO)c3ccccc3)CC1C1OC12. The van der Waals surface area contributed by atoms with Gasteiger partial charge >= 0.3 is 5.97 Å². The van der Waals surface area contributed by atoms with Crippen LogP contribution in [0.3, 0.4) is 0 Å². The minimum Gasteiger partial charge on any atom is -0.462 e. The van der Waals surface area contributed by atoms with Gasteiger partial charge in [-0.3, -0.25) is 9.69 Å². The van der Waals surface area contributed by atoms with Crippen LogP contribution in [0.15, 0.2) is 30.3 Å². The Hall–Kier alpha value is -1.43. The summed E-state index contributed by atoms with van der Waals surface area (Å²) in [4.78, 5) is 14.1. The van der Waals surface area contributed by atoms with Crippen LogP contribution in [0.1, 0.15) is 28.4 Å². The van der Waals surface area contributed by atoms with Crippen LogP contribution in [-0.2, 0) is 14.3 Å². The molecule has 3 fully saturated rings. The van der Waals surface area contributed by atoms with Gasteiger partial charge in [0.05, 0.1) is 6.61 Å². The van der Waals surface area contributed by atoms with E-state index < -0.39 is 18.9 Å². The zero-order valence-corrected chi connectivity index (χ0v) is 12.1. The van der Waals surface area contributed by atoms with E-state index in [1.54, 1.807) is 17.0 Å². The van der Waals surface area contributed by atoms with Gasteiger partial charge in [-0.15, -0.1) is 0 Å². The lowest BCUT2D eigenvalue weighted by Gasteiger charge is -2.38. The zero-order chi connectivity index (χ0) is 17.8. The largest absolute Gasteiger partial charge is 0.462 e. The zero-order valence-electron chi connectivity index (χ0n) is 15.1. The molecular formula is C17H21NO4. The number of piperidine rings is 1. The van der Waals surface area contributed by atoms with Crippen LogP contribution in [-0.4, -0.2) is 60.0 Å². The van der Waals surface area contributed by atoms with Crippen molar-refractivity contribution < 1.29 is 23.5 Å². The summed E-state index contributed by atoms with van der Waals surface area (Å²) >= 11 is 0. The van der Waals surface area contributed by atoms with E-state index in [2.05, 4.69) is 0 Å². The number of nitrogens with zero attached hydrogens (tertiary/aromatic N) is 1. The van der Waals surface area contributed by atoms with Gasteiger partial charge in [0.15, 0.2) is 0 Å². The predicted octanol–water partition coefficient (Wildman–Crippen LogP) is 0.918. The van der Waals surface area contributed by atoms with Gasteiger partial charge in [0.25, 0.3) is 0 Å². The Bertz CT molecular complexity index is 635. The van der Waals surface area contributed by atoms with E-state index in [-0.39, 0.29) is 37.0 Å². The molecule has 118 valence electrons. The fourth-order valence-electron chi connectivity index (χ4n) is 3.79. The molecular weight excluding hydrogens is 282 g/mol. The molecule has 0 aliphatic carbocycles. The molecule has 3 aliphatic heterocycles. The van der Waals surface area contributed by atoms with Gasteiger partial charge in [0.1, 0.15) is 24.2 Å². The molecule has 4 rings (SSSR count). The molecule has 0 amide bonds. The number of carbonyl (C=O) groups excluding carboxylic acids is 1. The predicted molar refractivity (Wildman–Crippen MR) is 79.4 cm³/mol. The van der Waals surface area contributed by atoms with Crippen LogP contribution in [0.5, 0.6) is 0 Å². The van der Waals surface area contributed by atoms with Crippen molar-refractivity contribution in [2.24, 2.45) is 0 Å². The van der Waals surface area contributed by atoms with Crippen molar-refractivity contribution in [1.29, 1.82) is 0 Å².